The van der Waals surface area contributed by atoms with Gasteiger partial charge in [-0.3, -0.25) is 4.79 Å². The zero-order valence-electron chi connectivity index (χ0n) is 15.2. The molecule has 0 spiro atoms. The second-order valence-electron chi connectivity index (χ2n) is 5.73. The van der Waals surface area contributed by atoms with Crippen LogP contribution in [0, 0.1) is 0 Å². The molecule has 0 unspecified atom stereocenters. The zero-order chi connectivity index (χ0) is 19.1. The van der Waals surface area contributed by atoms with Gasteiger partial charge in [0.1, 0.15) is 5.82 Å². The van der Waals surface area contributed by atoms with Gasteiger partial charge in [0.25, 0.3) is 5.91 Å². The minimum Gasteiger partial charge on any atom is -0.493 e. The second kappa shape index (κ2) is 9.05. The van der Waals surface area contributed by atoms with Gasteiger partial charge in [0.2, 0.25) is 0 Å². The first kappa shape index (κ1) is 18.7. The van der Waals surface area contributed by atoms with E-state index in [1.165, 1.54) is 11.3 Å². The van der Waals surface area contributed by atoms with Gasteiger partial charge in [0.05, 0.1) is 31.0 Å². The van der Waals surface area contributed by atoms with Crippen molar-refractivity contribution in [2.24, 2.45) is 0 Å². The standard InChI is InChI=1S/C20H21N3O3S/c1-25-16-7-5-14(12-17(16)26-2)9-10-21-15-6-8-19(22-13-15)23-20(24)18-4-3-11-27-18/h3-8,11-13,21H,9-10H2,1-2H3,(H,22,23,24). The number of pyridine rings is 1. The van der Waals surface area contributed by atoms with E-state index in [0.29, 0.717) is 10.7 Å². The van der Waals surface area contributed by atoms with Gasteiger partial charge in [-0.2, -0.15) is 0 Å². The Kier molecular flexibility index (Phi) is 6.27. The van der Waals surface area contributed by atoms with Crippen LogP contribution < -0.4 is 20.1 Å². The van der Waals surface area contributed by atoms with Crippen molar-refractivity contribution in [3.8, 4) is 11.5 Å². The fourth-order valence-corrected chi connectivity index (χ4v) is 3.16. The van der Waals surface area contributed by atoms with Gasteiger partial charge in [-0.25, -0.2) is 4.98 Å². The van der Waals surface area contributed by atoms with E-state index < -0.39 is 0 Å². The summed E-state index contributed by atoms with van der Waals surface area (Å²) in [6.07, 6.45) is 2.54. The first-order chi connectivity index (χ1) is 13.2. The molecular formula is C20H21N3O3S. The number of ether oxygens (including phenoxy) is 2. The van der Waals surface area contributed by atoms with Crippen LogP contribution in [0.15, 0.2) is 54.0 Å². The number of carbonyl (C=O) groups is 1. The van der Waals surface area contributed by atoms with E-state index in [4.69, 9.17) is 9.47 Å². The number of thiophene rings is 1. The molecule has 0 aliphatic carbocycles. The molecule has 2 heterocycles. The fraction of sp³-hybridized carbons (Fsp3) is 0.200. The predicted octanol–water partition coefficient (Wildman–Crippen LogP) is 4.07. The molecule has 7 heteroatoms. The summed E-state index contributed by atoms with van der Waals surface area (Å²) in [4.78, 5) is 17.0. The molecule has 0 saturated heterocycles. The quantitative estimate of drug-likeness (QED) is 0.614. The largest absolute Gasteiger partial charge is 0.493 e. The number of aromatic nitrogens is 1. The van der Waals surface area contributed by atoms with E-state index in [9.17, 15) is 4.79 Å². The van der Waals surface area contributed by atoms with E-state index in [2.05, 4.69) is 15.6 Å². The number of rotatable bonds is 8. The molecule has 2 aromatic heterocycles. The van der Waals surface area contributed by atoms with Gasteiger partial charge < -0.3 is 20.1 Å². The van der Waals surface area contributed by atoms with Gasteiger partial charge >= 0.3 is 0 Å². The number of amides is 1. The van der Waals surface area contributed by atoms with E-state index in [-0.39, 0.29) is 5.91 Å². The number of anilines is 2. The Bertz CT molecular complexity index is 880. The number of nitrogens with zero attached hydrogens (tertiary/aromatic N) is 1. The van der Waals surface area contributed by atoms with Crippen molar-refractivity contribution in [2.45, 2.75) is 6.42 Å². The van der Waals surface area contributed by atoms with Crippen molar-refractivity contribution >= 4 is 28.7 Å². The number of carbonyl (C=O) groups excluding carboxylic acids is 1. The van der Waals surface area contributed by atoms with Crippen LogP contribution in [0.5, 0.6) is 11.5 Å². The zero-order valence-corrected chi connectivity index (χ0v) is 16.0. The van der Waals surface area contributed by atoms with Crippen LogP contribution in [0.4, 0.5) is 11.5 Å². The monoisotopic (exact) mass is 383 g/mol. The van der Waals surface area contributed by atoms with Crippen LogP contribution in [0.1, 0.15) is 15.2 Å². The number of benzene rings is 1. The van der Waals surface area contributed by atoms with Crippen LogP contribution in [0.25, 0.3) is 0 Å². The normalized spacial score (nSPS) is 10.3. The van der Waals surface area contributed by atoms with Gasteiger partial charge in [0.15, 0.2) is 11.5 Å². The van der Waals surface area contributed by atoms with Gasteiger partial charge in [-0.1, -0.05) is 12.1 Å². The number of hydrogen-bond acceptors (Lipinski definition) is 6. The maximum Gasteiger partial charge on any atom is 0.266 e. The summed E-state index contributed by atoms with van der Waals surface area (Å²) < 4.78 is 10.6. The summed E-state index contributed by atoms with van der Waals surface area (Å²) in [6, 6.07) is 13.2. The van der Waals surface area contributed by atoms with Crippen molar-refractivity contribution in [2.75, 3.05) is 31.4 Å². The smallest absolute Gasteiger partial charge is 0.266 e. The Hall–Kier alpha value is -3.06. The fourth-order valence-electron chi connectivity index (χ4n) is 2.55. The van der Waals surface area contributed by atoms with Crippen LogP contribution >= 0.6 is 11.3 Å². The van der Waals surface area contributed by atoms with E-state index in [0.717, 1.165) is 35.7 Å². The first-order valence-corrected chi connectivity index (χ1v) is 9.33. The number of nitrogens with one attached hydrogen (secondary N) is 2. The topological polar surface area (TPSA) is 72.5 Å². The Labute approximate surface area is 162 Å². The summed E-state index contributed by atoms with van der Waals surface area (Å²) in [5.41, 5.74) is 2.04. The molecule has 0 atom stereocenters. The lowest BCUT2D eigenvalue weighted by Gasteiger charge is -2.11. The van der Waals surface area contributed by atoms with Crippen LogP contribution in [0.2, 0.25) is 0 Å². The lowest BCUT2D eigenvalue weighted by atomic mass is 10.1. The molecule has 0 saturated carbocycles. The molecule has 0 aliphatic rings. The highest BCUT2D eigenvalue weighted by molar-refractivity contribution is 7.12. The molecule has 1 aromatic carbocycles. The average molecular weight is 383 g/mol. The molecule has 3 rings (SSSR count). The van der Waals surface area contributed by atoms with Crippen molar-refractivity contribution in [3.05, 3.63) is 64.5 Å². The molecular weight excluding hydrogens is 362 g/mol. The first-order valence-electron chi connectivity index (χ1n) is 8.45. The number of methoxy groups -OCH3 is 2. The van der Waals surface area contributed by atoms with Gasteiger partial charge in [-0.05, 0) is 47.7 Å². The molecule has 0 radical (unpaired) electrons. The SMILES string of the molecule is COc1ccc(CCNc2ccc(NC(=O)c3cccs3)nc2)cc1OC. The van der Waals surface area contributed by atoms with Gasteiger partial charge in [-0.15, -0.1) is 11.3 Å². The third-order valence-electron chi connectivity index (χ3n) is 3.94. The average Bonchev–Trinajstić information content (AvgIpc) is 3.24. The molecule has 2 N–H and O–H groups in total. The Morgan fingerprint density at radius 1 is 1.11 bits per heavy atom. The summed E-state index contributed by atoms with van der Waals surface area (Å²) in [7, 11) is 3.25. The maximum absolute atomic E-state index is 12.0. The minimum absolute atomic E-state index is 0.147. The minimum atomic E-state index is -0.147. The second-order valence-corrected chi connectivity index (χ2v) is 6.68. The van der Waals surface area contributed by atoms with Crippen LogP contribution in [-0.4, -0.2) is 31.7 Å². The van der Waals surface area contributed by atoms with E-state index in [1.54, 1.807) is 32.5 Å². The highest BCUT2D eigenvalue weighted by Gasteiger charge is 2.07. The van der Waals surface area contributed by atoms with E-state index >= 15 is 0 Å². The van der Waals surface area contributed by atoms with Crippen LogP contribution in [0.3, 0.4) is 0 Å². The molecule has 140 valence electrons. The van der Waals surface area contributed by atoms with Crippen molar-refractivity contribution < 1.29 is 14.3 Å². The molecule has 0 aliphatic heterocycles. The third kappa shape index (κ3) is 4.98. The molecule has 0 fully saturated rings. The summed E-state index contributed by atoms with van der Waals surface area (Å²) in [5.74, 6) is 1.83. The summed E-state index contributed by atoms with van der Waals surface area (Å²) >= 11 is 1.40. The molecule has 0 bridgehead atoms. The Balaban J connectivity index is 1.51. The lowest BCUT2D eigenvalue weighted by molar-refractivity contribution is 0.103. The molecule has 1 amide bonds. The lowest BCUT2D eigenvalue weighted by Crippen LogP contribution is -2.11. The molecule has 27 heavy (non-hydrogen) atoms. The van der Waals surface area contributed by atoms with Crippen molar-refractivity contribution in [1.29, 1.82) is 0 Å². The third-order valence-corrected chi connectivity index (χ3v) is 4.81. The Morgan fingerprint density at radius 3 is 2.63 bits per heavy atom. The van der Waals surface area contributed by atoms with Crippen LogP contribution in [-0.2, 0) is 6.42 Å². The predicted molar refractivity (Wildman–Crippen MR) is 108 cm³/mol. The summed E-state index contributed by atoms with van der Waals surface area (Å²) in [6.45, 7) is 0.748. The molecule has 3 aromatic rings. The summed E-state index contributed by atoms with van der Waals surface area (Å²) in [5, 5.41) is 7.97. The van der Waals surface area contributed by atoms with Gasteiger partial charge in [0, 0.05) is 6.54 Å². The maximum atomic E-state index is 12.0. The highest BCUT2D eigenvalue weighted by Crippen LogP contribution is 2.27. The van der Waals surface area contributed by atoms with Crippen molar-refractivity contribution in [3.63, 3.8) is 0 Å². The van der Waals surface area contributed by atoms with E-state index in [1.807, 2.05) is 35.7 Å². The van der Waals surface area contributed by atoms with Crippen molar-refractivity contribution in [1.82, 2.24) is 4.98 Å². The molecule has 6 nitrogen and oxygen atoms in total. The number of hydrogen-bond donors (Lipinski definition) is 2. The highest BCUT2D eigenvalue weighted by atomic mass is 32.1. The Morgan fingerprint density at radius 2 is 1.96 bits per heavy atom.